The lowest BCUT2D eigenvalue weighted by Crippen LogP contribution is -2.51. The van der Waals surface area contributed by atoms with Gasteiger partial charge in [0.25, 0.3) is 0 Å². The molecule has 19 heavy (non-hydrogen) atoms. The van der Waals surface area contributed by atoms with Gasteiger partial charge in [0.2, 0.25) is 0 Å². The number of carbonyl (C=O) groups is 1. The van der Waals surface area contributed by atoms with Crippen LogP contribution in [0.2, 0.25) is 18.1 Å². The highest BCUT2D eigenvalue weighted by molar-refractivity contribution is 7.99. The zero-order valence-corrected chi connectivity index (χ0v) is 14.5. The molecule has 1 N–H and O–H groups in total. The van der Waals surface area contributed by atoms with Crippen molar-refractivity contribution in [2.24, 2.45) is 0 Å². The summed E-state index contributed by atoms with van der Waals surface area (Å²) in [5, 5.41) is 9.53. The summed E-state index contributed by atoms with van der Waals surface area (Å²) in [5.74, 6) is 1.28. The standard InChI is InChI=1S/C13H27NO3SSi/c1-13(2,3)19(4,5)17-10-11(12(15)16)14-6-8-18-9-7-14/h11H,6-10H2,1-5H3,(H,15,16)/t11-/m1/s1. The summed E-state index contributed by atoms with van der Waals surface area (Å²) in [6.07, 6.45) is 0. The molecule has 0 saturated carbocycles. The molecule has 0 amide bonds. The third-order valence-electron chi connectivity index (χ3n) is 4.18. The Kier molecular flexibility index (Phi) is 5.91. The predicted molar refractivity (Wildman–Crippen MR) is 83.5 cm³/mol. The number of aliphatic carboxylic acids is 1. The van der Waals surface area contributed by atoms with E-state index in [1.54, 1.807) is 0 Å². The molecule has 112 valence electrons. The van der Waals surface area contributed by atoms with Crippen molar-refractivity contribution < 1.29 is 14.3 Å². The van der Waals surface area contributed by atoms with E-state index in [1.165, 1.54) is 0 Å². The van der Waals surface area contributed by atoms with Gasteiger partial charge in [-0.25, -0.2) is 0 Å². The van der Waals surface area contributed by atoms with Crippen LogP contribution in [0.25, 0.3) is 0 Å². The molecule has 1 heterocycles. The molecule has 1 aliphatic heterocycles. The van der Waals surface area contributed by atoms with Crippen molar-refractivity contribution in [3.8, 4) is 0 Å². The third kappa shape index (κ3) is 4.77. The Morgan fingerprint density at radius 2 is 1.89 bits per heavy atom. The summed E-state index contributed by atoms with van der Waals surface area (Å²) >= 11 is 1.89. The number of thioether (sulfide) groups is 1. The molecule has 4 nitrogen and oxygen atoms in total. The van der Waals surface area contributed by atoms with Gasteiger partial charge in [0.15, 0.2) is 8.32 Å². The Labute approximate surface area is 122 Å². The van der Waals surface area contributed by atoms with Gasteiger partial charge in [-0.1, -0.05) is 20.8 Å². The summed E-state index contributed by atoms with van der Waals surface area (Å²) in [5.41, 5.74) is 0. The van der Waals surface area contributed by atoms with E-state index in [9.17, 15) is 9.90 Å². The van der Waals surface area contributed by atoms with Crippen LogP contribution < -0.4 is 0 Å². The van der Waals surface area contributed by atoms with E-state index in [2.05, 4.69) is 33.9 Å². The fraction of sp³-hybridized carbons (Fsp3) is 0.923. The molecular weight excluding hydrogens is 278 g/mol. The number of carboxylic acids is 1. The van der Waals surface area contributed by atoms with Gasteiger partial charge in [0, 0.05) is 24.6 Å². The quantitative estimate of drug-likeness (QED) is 0.791. The summed E-state index contributed by atoms with van der Waals surface area (Å²) in [6, 6.07) is -0.491. The average molecular weight is 306 g/mol. The van der Waals surface area contributed by atoms with Crippen LogP contribution in [-0.4, -0.2) is 61.5 Å². The molecule has 1 aliphatic rings. The van der Waals surface area contributed by atoms with Crippen LogP contribution in [0.1, 0.15) is 20.8 Å². The maximum Gasteiger partial charge on any atom is 0.323 e. The van der Waals surface area contributed by atoms with Crippen LogP contribution >= 0.6 is 11.8 Å². The van der Waals surface area contributed by atoms with Gasteiger partial charge in [-0.2, -0.15) is 11.8 Å². The molecule has 0 spiro atoms. The molecule has 0 aromatic heterocycles. The van der Waals surface area contributed by atoms with Crippen molar-refractivity contribution in [2.45, 2.75) is 44.9 Å². The lowest BCUT2D eigenvalue weighted by Gasteiger charge is -2.39. The molecule has 1 saturated heterocycles. The molecule has 0 aromatic carbocycles. The minimum absolute atomic E-state index is 0.119. The largest absolute Gasteiger partial charge is 0.480 e. The number of carboxylic acid groups (broad SMARTS) is 1. The third-order valence-corrected chi connectivity index (χ3v) is 9.62. The normalized spacial score (nSPS) is 20.3. The van der Waals surface area contributed by atoms with Gasteiger partial charge in [-0.05, 0) is 18.1 Å². The lowest BCUT2D eigenvalue weighted by atomic mass is 10.2. The summed E-state index contributed by atoms with van der Waals surface area (Å²) in [4.78, 5) is 13.5. The SMILES string of the molecule is CC(C)(C)[Si](C)(C)OC[C@H](C(=O)O)N1CCSCC1. The zero-order valence-electron chi connectivity index (χ0n) is 12.7. The van der Waals surface area contributed by atoms with Crippen LogP contribution in [0, 0.1) is 0 Å². The first-order valence-electron chi connectivity index (χ1n) is 6.84. The number of rotatable bonds is 5. The summed E-state index contributed by atoms with van der Waals surface area (Å²) < 4.78 is 6.08. The number of hydrogen-bond donors (Lipinski definition) is 1. The highest BCUT2D eigenvalue weighted by Crippen LogP contribution is 2.36. The van der Waals surface area contributed by atoms with E-state index >= 15 is 0 Å². The Hall–Kier alpha value is -0.0431. The average Bonchev–Trinajstić information content (AvgIpc) is 2.28. The minimum atomic E-state index is -1.87. The van der Waals surface area contributed by atoms with Crippen LogP contribution in [0.5, 0.6) is 0 Å². The molecular formula is C13H27NO3SSi. The zero-order chi connectivity index (χ0) is 14.7. The van der Waals surface area contributed by atoms with Gasteiger partial charge in [-0.3, -0.25) is 9.69 Å². The first kappa shape index (κ1) is 17.0. The topological polar surface area (TPSA) is 49.8 Å². The molecule has 0 unspecified atom stereocenters. The fourth-order valence-corrected chi connectivity index (χ4v) is 3.66. The lowest BCUT2D eigenvalue weighted by molar-refractivity contribution is -0.144. The molecule has 6 heteroatoms. The second-order valence-corrected chi connectivity index (χ2v) is 12.6. The monoisotopic (exact) mass is 305 g/mol. The highest BCUT2D eigenvalue weighted by atomic mass is 32.2. The van der Waals surface area contributed by atoms with Crippen molar-refractivity contribution in [3.05, 3.63) is 0 Å². The number of nitrogens with zero attached hydrogens (tertiary/aromatic N) is 1. The molecule has 1 rings (SSSR count). The van der Waals surface area contributed by atoms with E-state index in [4.69, 9.17) is 4.43 Å². The summed E-state index contributed by atoms with van der Waals surface area (Å²) in [6.45, 7) is 12.9. The Bertz CT molecular complexity index is 312. The van der Waals surface area contributed by atoms with E-state index in [0.717, 1.165) is 24.6 Å². The van der Waals surface area contributed by atoms with E-state index in [0.29, 0.717) is 6.61 Å². The Morgan fingerprint density at radius 1 is 1.37 bits per heavy atom. The fourth-order valence-electron chi connectivity index (χ4n) is 1.73. The van der Waals surface area contributed by atoms with Gasteiger partial charge < -0.3 is 9.53 Å². The van der Waals surface area contributed by atoms with E-state index in [1.807, 2.05) is 16.7 Å². The summed E-state index contributed by atoms with van der Waals surface area (Å²) in [7, 11) is -1.87. The second-order valence-electron chi connectivity index (χ2n) is 6.57. The van der Waals surface area contributed by atoms with Crippen LogP contribution in [0.15, 0.2) is 0 Å². The van der Waals surface area contributed by atoms with E-state index < -0.39 is 20.3 Å². The van der Waals surface area contributed by atoms with Gasteiger partial charge in [0.1, 0.15) is 6.04 Å². The first-order chi connectivity index (χ1) is 8.65. The van der Waals surface area contributed by atoms with Gasteiger partial charge in [0.05, 0.1) is 6.61 Å². The molecule has 1 fully saturated rings. The molecule has 1 atom stereocenters. The van der Waals surface area contributed by atoms with Gasteiger partial charge in [-0.15, -0.1) is 0 Å². The highest BCUT2D eigenvalue weighted by Gasteiger charge is 2.39. The first-order valence-corrected chi connectivity index (χ1v) is 10.9. The van der Waals surface area contributed by atoms with Crippen molar-refractivity contribution in [2.75, 3.05) is 31.2 Å². The minimum Gasteiger partial charge on any atom is -0.480 e. The molecule has 0 aromatic rings. The van der Waals surface area contributed by atoms with Gasteiger partial charge >= 0.3 is 5.97 Å². The van der Waals surface area contributed by atoms with Crippen LogP contribution in [-0.2, 0) is 9.22 Å². The van der Waals surface area contributed by atoms with Crippen molar-refractivity contribution in [1.29, 1.82) is 0 Å². The number of hydrogen-bond acceptors (Lipinski definition) is 4. The van der Waals surface area contributed by atoms with Crippen LogP contribution in [0.4, 0.5) is 0 Å². The molecule has 0 aliphatic carbocycles. The maximum atomic E-state index is 11.5. The smallest absolute Gasteiger partial charge is 0.323 e. The Morgan fingerprint density at radius 3 is 2.32 bits per heavy atom. The maximum absolute atomic E-state index is 11.5. The van der Waals surface area contributed by atoms with E-state index in [-0.39, 0.29) is 5.04 Å². The molecule has 0 radical (unpaired) electrons. The van der Waals surface area contributed by atoms with Crippen molar-refractivity contribution in [3.63, 3.8) is 0 Å². The van der Waals surface area contributed by atoms with Crippen LogP contribution in [0.3, 0.4) is 0 Å². The molecule has 0 bridgehead atoms. The van der Waals surface area contributed by atoms with Crippen molar-refractivity contribution >= 4 is 26.0 Å². The predicted octanol–water partition coefficient (Wildman–Crippen LogP) is 2.51. The Balaban J connectivity index is 2.62. The second kappa shape index (κ2) is 6.61. The van der Waals surface area contributed by atoms with Crippen molar-refractivity contribution in [1.82, 2.24) is 4.90 Å².